The lowest BCUT2D eigenvalue weighted by Crippen LogP contribution is -2.60. The second kappa shape index (κ2) is 29.7. The number of aliphatic hydroxyl groups is 1. The van der Waals surface area contributed by atoms with E-state index < -0.39 is 145 Å². The van der Waals surface area contributed by atoms with Gasteiger partial charge >= 0.3 is 23.9 Å². The molecule has 7 amide bonds. The third-order valence-electron chi connectivity index (χ3n) is 10.2. The van der Waals surface area contributed by atoms with Crippen LogP contribution in [0, 0.1) is 5.92 Å². The fraction of sp³-hybridized carbons (Fsp3) is 0.489. The smallest absolute Gasteiger partial charge is 0.326 e. The van der Waals surface area contributed by atoms with Crippen molar-refractivity contribution in [2.75, 3.05) is 5.75 Å². The first-order chi connectivity index (χ1) is 32.9. The van der Waals surface area contributed by atoms with E-state index in [0.29, 0.717) is 10.5 Å². The van der Waals surface area contributed by atoms with E-state index in [-0.39, 0.29) is 30.9 Å². The van der Waals surface area contributed by atoms with Crippen molar-refractivity contribution in [2.24, 2.45) is 11.7 Å². The van der Waals surface area contributed by atoms with E-state index in [0.717, 1.165) is 18.7 Å². The lowest BCUT2D eigenvalue weighted by atomic mass is 10.0. The Balaban J connectivity index is 2.28. The fourth-order valence-corrected chi connectivity index (χ4v) is 7.34. The predicted molar refractivity (Wildman–Crippen MR) is 249 cm³/mol. The zero-order chi connectivity index (χ0) is 52.7. The molecule has 2 aromatic rings. The summed E-state index contributed by atoms with van der Waals surface area (Å²) in [5.74, 6) is -13.2. The van der Waals surface area contributed by atoms with E-state index in [4.69, 9.17) is 10.8 Å². The molecule has 0 radical (unpaired) electrons. The molecule has 2 rings (SSSR count). The van der Waals surface area contributed by atoms with Crippen molar-refractivity contribution in [3.63, 3.8) is 0 Å². The van der Waals surface area contributed by atoms with Crippen molar-refractivity contribution >= 4 is 77.0 Å². The van der Waals surface area contributed by atoms with Gasteiger partial charge in [-0.05, 0) is 56.7 Å². The van der Waals surface area contributed by atoms with Gasteiger partial charge in [0.25, 0.3) is 5.91 Å². The number of aliphatic carboxylic acids is 4. The average molecular weight is 1000 g/mol. The van der Waals surface area contributed by atoms with Crippen molar-refractivity contribution in [2.45, 2.75) is 132 Å². The summed E-state index contributed by atoms with van der Waals surface area (Å²) in [6.07, 6.45) is -5.17. The monoisotopic (exact) mass is 1000 g/mol. The van der Waals surface area contributed by atoms with Crippen molar-refractivity contribution in [1.82, 2.24) is 37.2 Å². The van der Waals surface area contributed by atoms with Crippen LogP contribution in [-0.4, -0.2) is 151 Å². The highest BCUT2D eigenvalue weighted by molar-refractivity contribution is 7.99. The van der Waals surface area contributed by atoms with E-state index in [9.17, 15) is 73.2 Å². The minimum Gasteiger partial charge on any atom is -0.481 e. The van der Waals surface area contributed by atoms with Gasteiger partial charge in [0.1, 0.15) is 36.3 Å². The van der Waals surface area contributed by atoms with E-state index in [1.54, 1.807) is 74.5 Å². The lowest BCUT2D eigenvalue weighted by molar-refractivity contribution is -0.143. The molecule has 0 heterocycles. The van der Waals surface area contributed by atoms with Crippen LogP contribution in [0.4, 0.5) is 0 Å². The van der Waals surface area contributed by atoms with Crippen LogP contribution in [0.3, 0.4) is 0 Å². The minimum atomic E-state index is -2.18. The number of amides is 7. The van der Waals surface area contributed by atoms with E-state index >= 15 is 0 Å². The topological polar surface area (TPSA) is 399 Å². The van der Waals surface area contributed by atoms with Gasteiger partial charge in [-0.1, -0.05) is 62.4 Å². The van der Waals surface area contributed by atoms with Gasteiger partial charge in [0.15, 0.2) is 6.10 Å². The zero-order valence-electron chi connectivity index (χ0n) is 38.9. The van der Waals surface area contributed by atoms with Crippen LogP contribution in [0.1, 0.15) is 71.8 Å². The van der Waals surface area contributed by atoms with Crippen LogP contribution >= 0.6 is 11.8 Å². The Morgan fingerprint density at radius 2 is 1.00 bits per heavy atom. The van der Waals surface area contributed by atoms with Crippen molar-refractivity contribution < 1.29 is 78.3 Å². The molecule has 0 unspecified atom stereocenters. The summed E-state index contributed by atoms with van der Waals surface area (Å²) in [5.41, 5.74) is 6.30. The highest BCUT2D eigenvalue weighted by Crippen LogP contribution is 2.20. The number of aliphatic hydroxyl groups excluding tert-OH is 1. The molecule has 9 atom stereocenters. The molecule has 0 fully saturated rings. The summed E-state index contributed by atoms with van der Waals surface area (Å²) in [6.45, 7) is 5.90. The van der Waals surface area contributed by atoms with Gasteiger partial charge < -0.3 is 68.5 Å². The lowest BCUT2D eigenvalue weighted by Gasteiger charge is -2.29. The van der Waals surface area contributed by atoms with Crippen LogP contribution in [0.25, 0.3) is 0 Å². The molecule has 0 aliphatic rings. The maximum absolute atomic E-state index is 13.9. The number of nitrogens with two attached hydrogens (primary N) is 1. The minimum absolute atomic E-state index is 0.0198. The summed E-state index contributed by atoms with van der Waals surface area (Å²) in [7, 11) is 0. The Hall–Kier alpha value is -7.12. The van der Waals surface area contributed by atoms with Gasteiger partial charge in [0, 0.05) is 29.9 Å². The molecule has 2 aromatic carbocycles. The number of hydrogen-bond donors (Lipinski definition) is 13. The Morgan fingerprint density at radius 1 is 0.529 bits per heavy atom. The summed E-state index contributed by atoms with van der Waals surface area (Å²) in [5, 5.41) is 65.4. The van der Waals surface area contributed by atoms with E-state index in [1.165, 1.54) is 6.92 Å². The molecule has 384 valence electrons. The number of hydrogen-bond acceptors (Lipinski definition) is 14. The number of benzene rings is 2. The second-order valence-corrected chi connectivity index (χ2v) is 17.7. The quantitative estimate of drug-likeness (QED) is 0.0381. The molecule has 0 spiro atoms. The first-order valence-electron chi connectivity index (χ1n) is 22.0. The Labute approximate surface area is 407 Å². The molecule has 14 N–H and O–H groups in total. The van der Waals surface area contributed by atoms with Crippen LogP contribution < -0.4 is 43.0 Å². The normalized spacial score (nSPS) is 14.8. The second-order valence-electron chi connectivity index (χ2n) is 16.6. The average Bonchev–Trinajstić information content (AvgIpc) is 3.29. The van der Waals surface area contributed by atoms with Crippen LogP contribution in [-0.2, 0) is 59.2 Å². The van der Waals surface area contributed by atoms with Gasteiger partial charge in [-0.15, -0.1) is 11.8 Å². The van der Waals surface area contributed by atoms with Gasteiger partial charge in [0.2, 0.25) is 35.4 Å². The molecule has 24 nitrogen and oxygen atoms in total. The van der Waals surface area contributed by atoms with Gasteiger partial charge in [-0.2, -0.15) is 0 Å². The summed E-state index contributed by atoms with van der Waals surface area (Å²) in [6, 6.07) is 4.83. The summed E-state index contributed by atoms with van der Waals surface area (Å²) in [4.78, 5) is 140. The molecule has 0 aliphatic heterocycles. The highest BCUT2D eigenvalue weighted by Gasteiger charge is 2.36. The van der Waals surface area contributed by atoms with Gasteiger partial charge in [0.05, 0.1) is 18.5 Å². The van der Waals surface area contributed by atoms with Crippen molar-refractivity contribution in [3.8, 4) is 0 Å². The first-order valence-corrected chi connectivity index (χ1v) is 23.0. The van der Waals surface area contributed by atoms with Crippen LogP contribution in [0.2, 0.25) is 0 Å². The van der Waals surface area contributed by atoms with Crippen molar-refractivity contribution in [1.29, 1.82) is 0 Å². The molecule has 0 saturated carbocycles. The number of carbonyl (C=O) groups excluding carboxylic acids is 7. The third-order valence-corrected chi connectivity index (χ3v) is 11.3. The number of carboxylic acids is 4. The maximum atomic E-state index is 13.9. The maximum Gasteiger partial charge on any atom is 0.326 e. The Morgan fingerprint density at radius 3 is 1.53 bits per heavy atom. The number of thioether (sulfide) groups is 1. The number of rotatable bonds is 31. The third kappa shape index (κ3) is 21.9. The largest absolute Gasteiger partial charge is 0.481 e. The molecule has 0 saturated heterocycles. The highest BCUT2D eigenvalue weighted by atomic mass is 32.2. The standard InChI is InChI=1S/C45H62N8O16S/c1-23(2)19-30(50-39(62)24(3)47-40(63)28(46)15-17-34(54)55)43(66)53-33(22-70-27-13-9-6-10-14-27)37(60)44(67)51-31(21-36(58)59)42(65)48-25(4)38(61)49-29(16-18-35(56)57)41(64)52-32(45(68)69)20-26-11-7-5-8-12-26/h5-14,23-25,28-33,37,60H,15-22,46H2,1-4H3,(H,47,63)(H,48,65)(H,49,61)(H,50,62)(H,51,67)(H,52,64)(H,53,66)(H,54,55)(H,56,57)(H,58,59)(H,68,69)/t24-,25-,28-,29-,30-,31-,32-,33-,37+/m0/s1. The fourth-order valence-electron chi connectivity index (χ4n) is 6.35. The first kappa shape index (κ1) is 59.0. The molecule has 0 aromatic heterocycles. The Bertz CT molecular complexity index is 2150. The van der Waals surface area contributed by atoms with Crippen LogP contribution in [0.5, 0.6) is 0 Å². The van der Waals surface area contributed by atoms with E-state index in [1.807, 2.05) is 0 Å². The Kier molecular flexibility index (Phi) is 25.0. The molecule has 70 heavy (non-hydrogen) atoms. The predicted octanol–water partition coefficient (Wildman–Crippen LogP) is -1.52. The summed E-state index contributed by atoms with van der Waals surface area (Å²) < 4.78 is 0. The number of carbonyl (C=O) groups is 11. The van der Waals surface area contributed by atoms with E-state index in [2.05, 4.69) is 37.2 Å². The zero-order valence-corrected chi connectivity index (χ0v) is 39.7. The van der Waals surface area contributed by atoms with Crippen LogP contribution in [0.15, 0.2) is 65.6 Å². The van der Waals surface area contributed by atoms with Crippen molar-refractivity contribution in [3.05, 3.63) is 66.2 Å². The summed E-state index contributed by atoms with van der Waals surface area (Å²) >= 11 is 1.09. The molecular formula is C45H62N8O16S. The van der Waals surface area contributed by atoms with Gasteiger partial charge in [-0.3, -0.25) is 47.9 Å². The number of nitrogens with one attached hydrogen (secondary N) is 7. The molecule has 0 bridgehead atoms. The molecule has 0 aliphatic carbocycles. The van der Waals surface area contributed by atoms with Gasteiger partial charge in [-0.25, -0.2) is 4.79 Å². The molecular weight excluding hydrogens is 941 g/mol. The number of carboxylic acid groups (broad SMARTS) is 4. The SMILES string of the molecule is CC(C)C[C@H](NC(=O)[C@H](C)NC(=O)[C@@H](N)CCC(=O)O)C(=O)N[C@@H](CSc1ccccc1)[C@@H](O)C(=O)N[C@@H](CC(=O)O)C(=O)N[C@@H](C)C(=O)N[C@@H](CCC(=O)O)C(=O)N[C@@H](Cc1ccccc1)C(=O)O. The molecule has 25 heteroatoms.